The third-order valence-electron chi connectivity index (χ3n) is 4.27. The summed E-state index contributed by atoms with van der Waals surface area (Å²) < 4.78 is 1.22. The topological polar surface area (TPSA) is 45.8 Å². The highest BCUT2D eigenvalue weighted by molar-refractivity contribution is 7.17. The number of thiophene rings is 1. The molecule has 4 heteroatoms. The van der Waals surface area contributed by atoms with Crippen molar-refractivity contribution in [2.75, 3.05) is 0 Å². The zero-order valence-electron chi connectivity index (χ0n) is 11.6. The zero-order valence-corrected chi connectivity index (χ0v) is 12.5. The molecule has 106 valence electrons. The van der Waals surface area contributed by atoms with E-state index in [0.29, 0.717) is 11.7 Å². The number of rotatable bonds is 2. The van der Waals surface area contributed by atoms with E-state index in [-0.39, 0.29) is 5.56 Å². The van der Waals surface area contributed by atoms with Crippen molar-refractivity contribution < 1.29 is 0 Å². The van der Waals surface area contributed by atoms with Crippen molar-refractivity contribution in [3.05, 3.63) is 51.8 Å². The Balaban J connectivity index is 1.86. The molecule has 1 aliphatic carbocycles. The number of hydrogen-bond acceptors (Lipinski definition) is 3. The molecule has 3 aromatic rings. The van der Waals surface area contributed by atoms with Gasteiger partial charge < -0.3 is 4.98 Å². The highest BCUT2D eigenvalue weighted by atomic mass is 32.1. The minimum absolute atomic E-state index is 0.0443. The number of benzene rings is 1. The van der Waals surface area contributed by atoms with Gasteiger partial charge in [-0.2, -0.15) is 0 Å². The molecule has 2 aromatic heterocycles. The molecule has 3 nitrogen and oxygen atoms in total. The summed E-state index contributed by atoms with van der Waals surface area (Å²) in [6.07, 6.45) is 4.80. The van der Waals surface area contributed by atoms with Crippen LogP contribution in [0.2, 0.25) is 0 Å². The van der Waals surface area contributed by atoms with Crippen LogP contribution in [0.3, 0.4) is 0 Å². The van der Waals surface area contributed by atoms with Crippen LogP contribution in [0.25, 0.3) is 21.5 Å². The summed E-state index contributed by atoms with van der Waals surface area (Å²) in [5.41, 5.74) is 1.95. The van der Waals surface area contributed by atoms with Gasteiger partial charge in [-0.3, -0.25) is 4.79 Å². The molecule has 0 spiro atoms. The van der Waals surface area contributed by atoms with Gasteiger partial charge in [-0.15, -0.1) is 11.3 Å². The highest BCUT2D eigenvalue weighted by Crippen LogP contribution is 2.35. The smallest absolute Gasteiger partial charge is 0.251 e. The van der Waals surface area contributed by atoms with Gasteiger partial charge in [-0.1, -0.05) is 31.0 Å². The molecule has 4 rings (SSSR count). The fraction of sp³-hybridized carbons (Fsp3) is 0.294. The Kier molecular flexibility index (Phi) is 3.11. The van der Waals surface area contributed by atoms with Gasteiger partial charge in [0.05, 0.1) is 5.69 Å². The number of nitrogens with zero attached hydrogens (tertiary/aromatic N) is 1. The van der Waals surface area contributed by atoms with Gasteiger partial charge in [0, 0.05) is 33.0 Å². The zero-order chi connectivity index (χ0) is 14.2. The van der Waals surface area contributed by atoms with Gasteiger partial charge in [0.1, 0.15) is 5.82 Å². The normalized spacial score (nSPS) is 15.8. The predicted molar refractivity (Wildman–Crippen MR) is 86.9 cm³/mol. The lowest BCUT2D eigenvalue weighted by Crippen LogP contribution is -2.12. The van der Waals surface area contributed by atoms with Gasteiger partial charge in [-0.05, 0) is 18.9 Å². The molecule has 0 saturated heterocycles. The van der Waals surface area contributed by atoms with Crippen LogP contribution in [-0.4, -0.2) is 9.97 Å². The third-order valence-corrected chi connectivity index (χ3v) is 5.23. The van der Waals surface area contributed by atoms with E-state index in [2.05, 4.69) is 22.5 Å². The first-order valence-corrected chi connectivity index (χ1v) is 8.27. The number of aromatic nitrogens is 2. The first kappa shape index (κ1) is 12.8. The Bertz CT molecular complexity index is 843. The standard InChI is InChI=1S/C17H16N2OS/c20-16-9-14(11-5-1-2-6-11)18-17(19-16)13-10-21-15-8-4-3-7-12(13)15/h3-4,7-11H,1-2,5-6H2,(H,18,19,20). The summed E-state index contributed by atoms with van der Waals surface area (Å²) in [6.45, 7) is 0. The van der Waals surface area contributed by atoms with Crippen molar-refractivity contribution in [3.8, 4) is 11.4 Å². The third kappa shape index (κ3) is 2.29. The SMILES string of the molecule is O=c1cc(C2CCCC2)nc(-c2csc3ccccc23)[nH]1. The molecule has 1 aliphatic rings. The maximum absolute atomic E-state index is 12.0. The van der Waals surface area contributed by atoms with Crippen LogP contribution in [0, 0.1) is 0 Å². The van der Waals surface area contributed by atoms with Crippen LogP contribution in [-0.2, 0) is 0 Å². The molecule has 0 amide bonds. The summed E-state index contributed by atoms with van der Waals surface area (Å²) in [6, 6.07) is 9.92. The fourth-order valence-electron chi connectivity index (χ4n) is 3.20. The quantitative estimate of drug-likeness (QED) is 0.766. The first-order chi connectivity index (χ1) is 10.3. The Labute approximate surface area is 126 Å². The summed E-state index contributed by atoms with van der Waals surface area (Å²) in [4.78, 5) is 19.7. The van der Waals surface area contributed by atoms with Gasteiger partial charge in [0.2, 0.25) is 0 Å². The van der Waals surface area contributed by atoms with E-state index < -0.39 is 0 Å². The lowest BCUT2D eigenvalue weighted by molar-refractivity contribution is 0.693. The van der Waals surface area contributed by atoms with Crippen LogP contribution in [0.5, 0.6) is 0 Å². The Morgan fingerprint density at radius 3 is 2.86 bits per heavy atom. The second-order valence-electron chi connectivity index (χ2n) is 5.65. The fourth-order valence-corrected chi connectivity index (χ4v) is 4.14. The molecule has 1 saturated carbocycles. The minimum atomic E-state index is -0.0443. The second kappa shape index (κ2) is 5.11. The number of H-pyrrole nitrogens is 1. The monoisotopic (exact) mass is 296 g/mol. The van der Waals surface area contributed by atoms with E-state index in [1.807, 2.05) is 12.1 Å². The van der Waals surface area contributed by atoms with Crippen LogP contribution in [0.1, 0.15) is 37.3 Å². The van der Waals surface area contributed by atoms with E-state index in [0.717, 1.165) is 29.5 Å². The number of fused-ring (bicyclic) bond motifs is 1. The molecule has 21 heavy (non-hydrogen) atoms. The second-order valence-corrected chi connectivity index (χ2v) is 6.56. The molecule has 1 aromatic carbocycles. The van der Waals surface area contributed by atoms with Crippen molar-refractivity contribution >= 4 is 21.4 Å². The molecule has 0 unspecified atom stereocenters. The summed E-state index contributed by atoms with van der Waals surface area (Å²) in [5, 5.41) is 3.25. The van der Waals surface area contributed by atoms with Gasteiger partial charge in [-0.25, -0.2) is 4.98 Å². The number of nitrogens with one attached hydrogen (secondary N) is 1. The highest BCUT2D eigenvalue weighted by Gasteiger charge is 2.20. The first-order valence-electron chi connectivity index (χ1n) is 7.39. The minimum Gasteiger partial charge on any atom is -0.306 e. The average Bonchev–Trinajstić information content (AvgIpc) is 3.16. The number of aromatic amines is 1. The molecule has 0 atom stereocenters. The van der Waals surface area contributed by atoms with E-state index in [4.69, 9.17) is 4.98 Å². The maximum Gasteiger partial charge on any atom is 0.251 e. The van der Waals surface area contributed by atoms with Gasteiger partial charge >= 0.3 is 0 Å². The summed E-state index contributed by atoms with van der Waals surface area (Å²) >= 11 is 1.69. The van der Waals surface area contributed by atoms with Gasteiger partial charge in [0.25, 0.3) is 5.56 Å². The molecule has 2 heterocycles. The molecule has 0 radical (unpaired) electrons. The molecular formula is C17H16N2OS. The van der Waals surface area contributed by atoms with E-state index in [1.54, 1.807) is 17.4 Å². The van der Waals surface area contributed by atoms with Crippen LogP contribution in [0.15, 0.2) is 40.5 Å². The van der Waals surface area contributed by atoms with Crippen molar-refractivity contribution in [2.24, 2.45) is 0 Å². The molecule has 1 fully saturated rings. The van der Waals surface area contributed by atoms with E-state index in [1.165, 1.54) is 17.5 Å². The Morgan fingerprint density at radius 1 is 1.19 bits per heavy atom. The summed E-state index contributed by atoms with van der Waals surface area (Å²) in [5.74, 6) is 1.16. The van der Waals surface area contributed by atoms with Crippen LogP contribution < -0.4 is 5.56 Å². The van der Waals surface area contributed by atoms with Crippen LogP contribution >= 0.6 is 11.3 Å². The largest absolute Gasteiger partial charge is 0.306 e. The lowest BCUT2D eigenvalue weighted by Gasteiger charge is -2.09. The van der Waals surface area contributed by atoms with Crippen LogP contribution in [0.4, 0.5) is 0 Å². The summed E-state index contributed by atoms with van der Waals surface area (Å²) in [7, 11) is 0. The Hall–Kier alpha value is -1.94. The van der Waals surface area contributed by atoms with E-state index in [9.17, 15) is 4.79 Å². The molecule has 0 aliphatic heterocycles. The molecule has 1 N–H and O–H groups in total. The van der Waals surface area contributed by atoms with Gasteiger partial charge in [0.15, 0.2) is 0 Å². The predicted octanol–water partition coefficient (Wildman–Crippen LogP) is 4.31. The van der Waals surface area contributed by atoms with Crippen molar-refractivity contribution in [1.82, 2.24) is 9.97 Å². The molecule has 0 bridgehead atoms. The maximum atomic E-state index is 12.0. The molecular weight excluding hydrogens is 280 g/mol. The lowest BCUT2D eigenvalue weighted by atomic mass is 10.0. The average molecular weight is 296 g/mol. The number of hydrogen-bond donors (Lipinski definition) is 1. The van der Waals surface area contributed by atoms with E-state index >= 15 is 0 Å². The van der Waals surface area contributed by atoms with Crippen molar-refractivity contribution in [2.45, 2.75) is 31.6 Å². The Morgan fingerprint density at radius 2 is 2.00 bits per heavy atom. The van der Waals surface area contributed by atoms with Crippen molar-refractivity contribution in [1.29, 1.82) is 0 Å². The van der Waals surface area contributed by atoms with Crippen molar-refractivity contribution in [3.63, 3.8) is 0 Å².